The molecule has 164 valence electrons. The van der Waals surface area contributed by atoms with Gasteiger partial charge in [-0.2, -0.15) is 0 Å². The molecule has 2 aliphatic carbocycles. The van der Waals surface area contributed by atoms with Crippen LogP contribution in [-0.2, 0) is 20.8 Å². The van der Waals surface area contributed by atoms with E-state index in [1.165, 1.54) is 12.8 Å². The summed E-state index contributed by atoms with van der Waals surface area (Å²) in [6.45, 7) is 6.10. The molecule has 2 saturated carbocycles. The molecule has 5 fully saturated rings. The van der Waals surface area contributed by atoms with Crippen LogP contribution in [0.4, 0.5) is 5.69 Å². The van der Waals surface area contributed by atoms with E-state index in [1.54, 1.807) is 0 Å². The minimum absolute atomic E-state index is 0.208. The van der Waals surface area contributed by atoms with E-state index in [0.29, 0.717) is 23.5 Å². The first-order valence-corrected chi connectivity index (χ1v) is 11.4. The van der Waals surface area contributed by atoms with Crippen LogP contribution in [0.3, 0.4) is 0 Å². The molecule has 0 aromatic carbocycles. The molecule has 2 aromatic rings. The van der Waals surface area contributed by atoms with Gasteiger partial charge < -0.3 is 28.4 Å². The van der Waals surface area contributed by atoms with E-state index in [9.17, 15) is 0 Å². The monoisotopic (exact) mass is 424 g/mol. The van der Waals surface area contributed by atoms with E-state index < -0.39 is 0 Å². The van der Waals surface area contributed by atoms with Crippen LogP contribution in [0.2, 0.25) is 0 Å². The van der Waals surface area contributed by atoms with Crippen LogP contribution in [0.15, 0.2) is 24.8 Å². The van der Waals surface area contributed by atoms with Gasteiger partial charge in [0.05, 0.1) is 62.7 Å². The van der Waals surface area contributed by atoms with E-state index in [2.05, 4.69) is 16.0 Å². The van der Waals surface area contributed by atoms with Gasteiger partial charge in [-0.15, -0.1) is 0 Å². The van der Waals surface area contributed by atoms with Gasteiger partial charge in [0.15, 0.2) is 6.29 Å². The summed E-state index contributed by atoms with van der Waals surface area (Å²) < 4.78 is 25.5. The fourth-order valence-corrected chi connectivity index (χ4v) is 4.73. The van der Waals surface area contributed by atoms with Crippen molar-refractivity contribution < 1.29 is 18.9 Å². The van der Waals surface area contributed by atoms with Gasteiger partial charge in [0.25, 0.3) is 0 Å². The van der Waals surface area contributed by atoms with Gasteiger partial charge >= 0.3 is 0 Å². The van der Waals surface area contributed by atoms with E-state index in [4.69, 9.17) is 23.9 Å². The van der Waals surface area contributed by atoms with E-state index in [1.807, 2.05) is 23.3 Å². The average molecular weight is 425 g/mol. The highest BCUT2D eigenvalue weighted by Gasteiger charge is 2.49. The van der Waals surface area contributed by atoms with Crippen molar-refractivity contribution in [2.45, 2.75) is 44.6 Å². The maximum Gasteiger partial charge on any atom is 0.175 e. The average Bonchev–Trinajstić information content (AvgIpc) is 3.63. The normalized spacial score (nSPS) is 26.0. The molecule has 2 aromatic heterocycles. The summed E-state index contributed by atoms with van der Waals surface area (Å²) >= 11 is 0. The van der Waals surface area contributed by atoms with E-state index in [-0.39, 0.29) is 6.29 Å². The van der Waals surface area contributed by atoms with Crippen molar-refractivity contribution in [3.63, 3.8) is 0 Å². The molecule has 0 bridgehead atoms. The Kier molecular flexibility index (Phi) is 3.96. The van der Waals surface area contributed by atoms with Crippen LogP contribution in [0.5, 0.6) is 5.75 Å². The highest BCUT2D eigenvalue weighted by atomic mass is 16.7. The second kappa shape index (κ2) is 6.67. The summed E-state index contributed by atoms with van der Waals surface area (Å²) in [5, 5.41) is 0. The molecular formula is C23H28N4O4. The molecule has 2 spiro atoms. The Morgan fingerprint density at radius 1 is 1.03 bits per heavy atom. The minimum atomic E-state index is -0.208. The van der Waals surface area contributed by atoms with Crippen molar-refractivity contribution in [1.82, 2.24) is 14.5 Å². The van der Waals surface area contributed by atoms with Gasteiger partial charge in [0.2, 0.25) is 0 Å². The molecule has 5 heterocycles. The number of nitrogens with zero attached hydrogens (tertiary/aromatic N) is 4. The van der Waals surface area contributed by atoms with Gasteiger partial charge in [-0.05, 0) is 25.7 Å². The van der Waals surface area contributed by atoms with Crippen LogP contribution >= 0.6 is 0 Å². The fraction of sp³-hybridized carbons (Fsp3) is 0.652. The first-order valence-electron chi connectivity index (χ1n) is 11.4. The van der Waals surface area contributed by atoms with Crippen molar-refractivity contribution in [2.75, 3.05) is 44.4 Å². The standard InChI is InChI=1S/C23H28N4O4/c1-2-17(1)31-19-5-16(27-9-23(10-27)11-28-12-23)6-24-21(19)18-7-26(15-25-18)8-20-29-13-22(3-4-22)14-30-20/h5-7,15,17,20H,1-4,8-14H2. The van der Waals surface area contributed by atoms with Crippen molar-refractivity contribution in [1.29, 1.82) is 0 Å². The Morgan fingerprint density at radius 3 is 2.52 bits per heavy atom. The van der Waals surface area contributed by atoms with Crippen LogP contribution in [0.1, 0.15) is 25.7 Å². The Labute approximate surface area is 181 Å². The summed E-state index contributed by atoms with van der Waals surface area (Å²) in [5.41, 5.74) is 3.44. The second-order valence-corrected chi connectivity index (χ2v) is 10.2. The molecule has 5 aliphatic rings. The van der Waals surface area contributed by atoms with Crippen LogP contribution in [0.25, 0.3) is 11.4 Å². The molecular weight excluding hydrogens is 396 g/mol. The molecule has 0 N–H and O–H groups in total. The highest BCUT2D eigenvalue weighted by molar-refractivity contribution is 5.66. The van der Waals surface area contributed by atoms with Crippen molar-refractivity contribution in [2.24, 2.45) is 10.8 Å². The van der Waals surface area contributed by atoms with Gasteiger partial charge in [-0.1, -0.05) is 0 Å². The molecule has 0 amide bonds. The lowest BCUT2D eigenvalue weighted by Crippen LogP contribution is -2.66. The number of hydrogen-bond acceptors (Lipinski definition) is 7. The second-order valence-electron chi connectivity index (χ2n) is 10.2. The van der Waals surface area contributed by atoms with Gasteiger partial charge in [-0.3, -0.25) is 0 Å². The molecule has 3 aliphatic heterocycles. The zero-order chi connectivity index (χ0) is 20.5. The maximum atomic E-state index is 6.24. The molecule has 3 saturated heterocycles. The maximum absolute atomic E-state index is 6.24. The smallest absolute Gasteiger partial charge is 0.175 e. The number of imidazole rings is 1. The summed E-state index contributed by atoms with van der Waals surface area (Å²) in [6.07, 6.45) is 10.6. The van der Waals surface area contributed by atoms with Crippen LogP contribution in [0, 0.1) is 10.8 Å². The highest BCUT2D eigenvalue weighted by Crippen LogP contribution is 2.48. The first-order chi connectivity index (χ1) is 15.2. The molecule has 0 atom stereocenters. The zero-order valence-corrected chi connectivity index (χ0v) is 17.7. The minimum Gasteiger partial charge on any atom is -0.488 e. The zero-order valence-electron chi connectivity index (χ0n) is 17.7. The van der Waals surface area contributed by atoms with Crippen molar-refractivity contribution in [3.05, 3.63) is 24.8 Å². The fourth-order valence-electron chi connectivity index (χ4n) is 4.73. The number of rotatable bonds is 6. The number of anilines is 1. The lowest BCUT2D eigenvalue weighted by Gasteiger charge is -2.55. The third-order valence-electron chi connectivity index (χ3n) is 7.23. The summed E-state index contributed by atoms with van der Waals surface area (Å²) in [4.78, 5) is 11.8. The Balaban J connectivity index is 1.08. The topological polar surface area (TPSA) is 70.9 Å². The van der Waals surface area contributed by atoms with E-state index in [0.717, 1.165) is 75.2 Å². The predicted octanol–water partition coefficient (Wildman–Crippen LogP) is 2.48. The van der Waals surface area contributed by atoms with Crippen molar-refractivity contribution in [3.8, 4) is 17.1 Å². The van der Waals surface area contributed by atoms with Gasteiger partial charge in [0.1, 0.15) is 17.1 Å². The Hall–Kier alpha value is -2.16. The molecule has 8 heteroatoms. The largest absolute Gasteiger partial charge is 0.488 e. The van der Waals surface area contributed by atoms with Gasteiger partial charge in [0, 0.05) is 30.8 Å². The number of aromatic nitrogens is 3. The molecule has 7 rings (SSSR count). The third-order valence-corrected chi connectivity index (χ3v) is 7.23. The van der Waals surface area contributed by atoms with Gasteiger partial charge in [-0.25, -0.2) is 9.97 Å². The Morgan fingerprint density at radius 2 is 1.84 bits per heavy atom. The lowest BCUT2D eigenvalue weighted by atomic mass is 9.78. The lowest BCUT2D eigenvalue weighted by molar-refractivity contribution is -0.212. The number of ether oxygens (including phenoxy) is 4. The SMILES string of the molecule is c1nc(-c2cn(CC3OCC4(CC4)CO3)cn2)c(OC2CC2)cc1N1CC2(COC2)C1. The number of pyridine rings is 1. The molecule has 0 radical (unpaired) electrons. The van der Waals surface area contributed by atoms with Crippen LogP contribution in [-0.4, -0.2) is 66.4 Å². The van der Waals surface area contributed by atoms with Crippen molar-refractivity contribution >= 4 is 5.69 Å². The number of hydrogen-bond donors (Lipinski definition) is 0. The molecule has 31 heavy (non-hydrogen) atoms. The van der Waals surface area contributed by atoms with E-state index >= 15 is 0 Å². The third kappa shape index (κ3) is 3.41. The quantitative estimate of drug-likeness (QED) is 0.706. The predicted molar refractivity (Wildman–Crippen MR) is 112 cm³/mol. The first kappa shape index (κ1) is 18.4. The summed E-state index contributed by atoms with van der Waals surface area (Å²) in [6, 6.07) is 2.13. The summed E-state index contributed by atoms with van der Waals surface area (Å²) in [7, 11) is 0. The summed E-state index contributed by atoms with van der Waals surface area (Å²) in [5.74, 6) is 0.830. The molecule has 0 unspecified atom stereocenters. The van der Waals surface area contributed by atoms with Crippen LogP contribution < -0.4 is 9.64 Å². The Bertz CT molecular complexity index is 977. The molecule has 8 nitrogen and oxygen atoms in total.